The third-order valence-corrected chi connectivity index (χ3v) is 2.75. The van der Waals surface area contributed by atoms with E-state index in [1.54, 1.807) is 24.3 Å². The van der Waals surface area contributed by atoms with Gasteiger partial charge in [-0.3, -0.25) is 9.69 Å². The Balaban J connectivity index is 2.40. The number of nitrogens with zero attached hydrogens (tertiary/aromatic N) is 1. The van der Waals surface area contributed by atoms with E-state index in [4.69, 9.17) is 15.9 Å². The number of hydrogen-bond donors (Lipinski definition) is 4. The highest BCUT2D eigenvalue weighted by atomic mass is 16.3. The van der Waals surface area contributed by atoms with Gasteiger partial charge in [0.2, 0.25) is 0 Å². The summed E-state index contributed by atoms with van der Waals surface area (Å²) in [4.78, 5) is 13.7. The van der Waals surface area contributed by atoms with Gasteiger partial charge in [-0.25, -0.2) is 0 Å². The summed E-state index contributed by atoms with van der Waals surface area (Å²) in [6.45, 7) is 2.01. The molecule has 6 heteroatoms. The number of aliphatic hydroxyl groups is 2. The Bertz CT molecular complexity index is 392. The Labute approximate surface area is 112 Å². The van der Waals surface area contributed by atoms with Gasteiger partial charge < -0.3 is 21.3 Å². The fourth-order valence-corrected chi connectivity index (χ4v) is 1.74. The van der Waals surface area contributed by atoms with Crippen molar-refractivity contribution in [2.24, 2.45) is 0 Å². The van der Waals surface area contributed by atoms with Gasteiger partial charge in [0, 0.05) is 31.9 Å². The number of aliphatic hydroxyl groups excluding tert-OH is 2. The van der Waals surface area contributed by atoms with Gasteiger partial charge >= 0.3 is 0 Å². The SMILES string of the molecule is Nc1ccccc1C(=O)NCCN(CCO)CCO. The van der Waals surface area contributed by atoms with Gasteiger partial charge in [0.15, 0.2) is 0 Å². The highest BCUT2D eigenvalue weighted by Gasteiger charge is 2.09. The molecule has 1 amide bonds. The number of rotatable bonds is 8. The van der Waals surface area contributed by atoms with Crippen LogP contribution in [0, 0.1) is 0 Å². The van der Waals surface area contributed by atoms with Gasteiger partial charge in [0.05, 0.1) is 18.8 Å². The van der Waals surface area contributed by atoms with Crippen LogP contribution in [0.25, 0.3) is 0 Å². The number of nitrogens with two attached hydrogens (primary N) is 1. The molecule has 1 aromatic carbocycles. The average molecular weight is 267 g/mol. The lowest BCUT2D eigenvalue weighted by atomic mass is 10.1. The van der Waals surface area contributed by atoms with Crippen molar-refractivity contribution >= 4 is 11.6 Å². The number of nitrogens with one attached hydrogen (secondary N) is 1. The third kappa shape index (κ3) is 5.25. The Hall–Kier alpha value is -1.63. The number of amides is 1. The second kappa shape index (κ2) is 8.47. The van der Waals surface area contributed by atoms with E-state index in [9.17, 15) is 4.79 Å². The molecule has 0 saturated heterocycles. The lowest BCUT2D eigenvalue weighted by molar-refractivity contribution is 0.0945. The van der Waals surface area contributed by atoms with Crippen molar-refractivity contribution in [1.29, 1.82) is 0 Å². The molecule has 0 unspecified atom stereocenters. The zero-order chi connectivity index (χ0) is 14.1. The summed E-state index contributed by atoms with van der Waals surface area (Å²) < 4.78 is 0. The van der Waals surface area contributed by atoms with Crippen LogP contribution >= 0.6 is 0 Å². The van der Waals surface area contributed by atoms with E-state index in [1.807, 2.05) is 4.90 Å². The number of benzene rings is 1. The number of hydrogen-bond acceptors (Lipinski definition) is 5. The first-order chi connectivity index (χ1) is 9.19. The highest BCUT2D eigenvalue weighted by Crippen LogP contribution is 2.09. The number of carbonyl (C=O) groups excluding carboxylic acids is 1. The summed E-state index contributed by atoms with van der Waals surface area (Å²) in [5.74, 6) is -0.217. The molecular weight excluding hydrogens is 246 g/mol. The van der Waals surface area contributed by atoms with Crippen LogP contribution < -0.4 is 11.1 Å². The van der Waals surface area contributed by atoms with Crippen molar-refractivity contribution in [2.75, 3.05) is 45.1 Å². The molecule has 0 bridgehead atoms. The number of nitrogen functional groups attached to an aromatic ring is 1. The van der Waals surface area contributed by atoms with Crippen LogP contribution in [0.3, 0.4) is 0 Å². The van der Waals surface area contributed by atoms with Crippen molar-refractivity contribution in [1.82, 2.24) is 10.2 Å². The number of anilines is 1. The van der Waals surface area contributed by atoms with Crippen LogP contribution in [-0.2, 0) is 0 Å². The van der Waals surface area contributed by atoms with Gasteiger partial charge in [-0.05, 0) is 12.1 Å². The van der Waals surface area contributed by atoms with Crippen LogP contribution in [0.15, 0.2) is 24.3 Å². The Morgan fingerprint density at radius 3 is 2.37 bits per heavy atom. The Kier molecular flexibility index (Phi) is 6.88. The molecule has 1 rings (SSSR count). The average Bonchev–Trinajstić information content (AvgIpc) is 2.39. The zero-order valence-electron chi connectivity index (χ0n) is 10.9. The zero-order valence-corrected chi connectivity index (χ0v) is 10.9. The second-order valence-corrected chi connectivity index (χ2v) is 4.13. The van der Waals surface area contributed by atoms with E-state index < -0.39 is 0 Å². The maximum atomic E-state index is 11.9. The van der Waals surface area contributed by atoms with E-state index in [2.05, 4.69) is 5.32 Å². The third-order valence-electron chi connectivity index (χ3n) is 2.75. The quantitative estimate of drug-likeness (QED) is 0.466. The molecule has 5 N–H and O–H groups in total. The van der Waals surface area contributed by atoms with E-state index in [-0.39, 0.29) is 19.1 Å². The fourth-order valence-electron chi connectivity index (χ4n) is 1.74. The standard InChI is InChI=1S/C13H21N3O3/c14-12-4-2-1-3-11(12)13(19)15-5-6-16(7-9-17)8-10-18/h1-4,17-18H,5-10,14H2,(H,15,19). The fraction of sp³-hybridized carbons (Fsp3) is 0.462. The highest BCUT2D eigenvalue weighted by molar-refractivity contribution is 5.99. The molecule has 0 heterocycles. The molecule has 0 aliphatic carbocycles. The summed E-state index contributed by atoms with van der Waals surface area (Å²) in [6, 6.07) is 6.88. The van der Waals surface area contributed by atoms with Gasteiger partial charge in [-0.15, -0.1) is 0 Å². The van der Waals surface area contributed by atoms with Crippen LogP contribution in [0.4, 0.5) is 5.69 Å². The largest absolute Gasteiger partial charge is 0.398 e. The first kappa shape index (κ1) is 15.4. The summed E-state index contributed by atoms with van der Waals surface area (Å²) in [5, 5.41) is 20.5. The Morgan fingerprint density at radius 2 is 1.79 bits per heavy atom. The van der Waals surface area contributed by atoms with E-state index >= 15 is 0 Å². The van der Waals surface area contributed by atoms with E-state index in [1.165, 1.54) is 0 Å². The smallest absolute Gasteiger partial charge is 0.253 e. The van der Waals surface area contributed by atoms with Gasteiger partial charge in [0.25, 0.3) is 5.91 Å². The van der Waals surface area contributed by atoms with Crippen LogP contribution in [0.1, 0.15) is 10.4 Å². The molecule has 0 spiro atoms. The summed E-state index contributed by atoms with van der Waals surface area (Å²) >= 11 is 0. The van der Waals surface area contributed by atoms with E-state index in [0.717, 1.165) is 0 Å². The molecule has 6 nitrogen and oxygen atoms in total. The molecule has 0 fully saturated rings. The van der Waals surface area contributed by atoms with E-state index in [0.29, 0.717) is 37.4 Å². The Morgan fingerprint density at radius 1 is 1.16 bits per heavy atom. The molecule has 19 heavy (non-hydrogen) atoms. The molecule has 0 aliphatic rings. The van der Waals surface area contributed by atoms with Crippen molar-refractivity contribution in [2.45, 2.75) is 0 Å². The van der Waals surface area contributed by atoms with Crippen LogP contribution in [0.2, 0.25) is 0 Å². The minimum Gasteiger partial charge on any atom is -0.398 e. The minimum atomic E-state index is -0.217. The summed E-state index contributed by atoms with van der Waals surface area (Å²) in [7, 11) is 0. The predicted octanol–water partition coefficient (Wildman–Crippen LogP) is -0.715. The maximum absolute atomic E-state index is 11.9. The lowest BCUT2D eigenvalue weighted by Crippen LogP contribution is -2.38. The van der Waals surface area contributed by atoms with Gasteiger partial charge in [0.1, 0.15) is 0 Å². The molecule has 0 aliphatic heterocycles. The molecule has 1 aromatic rings. The molecule has 0 radical (unpaired) electrons. The first-order valence-corrected chi connectivity index (χ1v) is 6.25. The minimum absolute atomic E-state index is 0.0274. The van der Waals surface area contributed by atoms with Gasteiger partial charge in [-0.1, -0.05) is 12.1 Å². The van der Waals surface area contributed by atoms with Crippen molar-refractivity contribution in [3.8, 4) is 0 Å². The molecule has 106 valence electrons. The van der Waals surface area contributed by atoms with Crippen molar-refractivity contribution < 1.29 is 15.0 Å². The number of carbonyl (C=O) groups is 1. The van der Waals surface area contributed by atoms with Crippen molar-refractivity contribution in [3.63, 3.8) is 0 Å². The van der Waals surface area contributed by atoms with Crippen molar-refractivity contribution in [3.05, 3.63) is 29.8 Å². The normalized spacial score (nSPS) is 10.7. The number of para-hydroxylation sites is 1. The summed E-state index contributed by atoms with van der Waals surface area (Å²) in [6.07, 6.45) is 0. The molecule has 0 saturated carbocycles. The maximum Gasteiger partial charge on any atom is 0.253 e. The van der Waals surface area contributed by atoms with Crippen LogP contribution in [0.5, 0.6) is 0 Å². The molecule has 0 atom stereocenters. The molecular formula is C13H21N3O3. The topological polar surface area (TPSA) is 98.8 Å². The second-order valence-electron chi connectivity index (χ2n) is 4.13. The summed E-state index contributed by atoms with van der Waals surface area (Å²) in [5.41, 5.74) is 6.61. The lowest BCUT2D eigenvalue weighted by Gasteiger charge is -2.20. The monoisotopic (exact) mass is 267 g/mol. The molecule has 0 aromatic heterocycles. The van der Waals surface area contributed by atoms with Gasteiger partial charge in [-0.2, -0.15) is 0 Å². The predicted molar refractivity (Wildman–Crippen MR) is 73.8 cm³/mol. The first-order valence-electron chi connectivity index (χ1n) is 6.25. The van der Waals surface area contributed by atoms with Crippen LogP contribution in [-0.4, -0.2) is 60.4 Å².